The van der Waals surface area contributed by atoms with E-state index in [1.165, 1.54) is 0 Å². The molecule has 1 rings (SSSR count). The number of alkyl halides is 2. The Kier molecular flexibility index (Phi) is 3.82. The lowest BCUT2D eigenvalue weighted by molar-refractivity contribution is -0.384. The van der Waals surface area contributed by atoms with Crippen LogP contribution in [-0.4, -0.2) is 38.5 Å². The van der Waals surface area contributed by atoms with Crippen LogP contribution in [0.4, 0.5) is 5.69 Å². The average molecular weight is 328 g/mol. The molecule has 0 saturated carbocycles. The third-order valence-electron chi connectivity index (χ3n) is 2.18. The maximum Gasteiger partial charge on any atom is 0.269 e. The highest BCUT2D eigenvalue weighted by Crippen LogP contribution is 2.20. The third-order valence-corrected chi connectivity index (χ3v) is 2.52. The van der Waals surface area contributed by atoms with Crippen molar-refractivity contribution < 1.29 is 26.8 Å². The summed E-state index contributed by atoms with van der Waals surface area (Å²) in [5.41, 5.74) is -1.76. The molecule has 0 aliphatic rings. The Morgan fingerprint density at radius 2 is 2.05 bits per heavy atom. The van der Waals surface area contributed by atoms with E-state index in [4.69, 9.17) is 30.1 Å². The molecule has 0 radical (unpaired) electrons. The maximum atomic E-state index is 11.6. The fourth-order valence-corrected chi connectivity index (χ4v) is 1.31. The number of nitrogens with zero attached hydrogens (tertiary/aromatic N) is 1. The van der Waals surface area contributed by atoms with E-state index >= 15 is 0 Å². The quantitative estimate of drug-likeness (QED) is 0.408. The number of aliphatic hydroxyl groups excluding tert-OH is 2. The van der Waals surface area contributed by atoms with Crippen LogP contribution < -0.4 is 5.32 Å². The lowest BCUT2D eigenvalue weighted by Crippen LogP contribution is -2.44. The van der Waals surface area contributed by atoms with Crippen LogP contribution in [0.5, 0.6) is 0 Å². The molecule has 0 spiro atoms. The lowest BCUT2D eigenvalue weighted by atomic mass is 10.0. The van der Waals surface area contributed by atoms with Gasteiger partial charge in [0.25, 0.3) is 11.6 Å². The molecule has 1 aromatic carbocycles. The van der Waals surface area contributed by atoms with Crippen molar-refractivity contribution in [1.29, 1.82) is 0 Å². The van der Waals surface area contributed by atoms with Crippen molar-refractivity contribution in [1.82, 2.24) is 5.32 Å². The zero-order valence-electron chi connectivity index (χ0n) is 14.7. The number of nitro benzene ring substituents is 1. The van der Waals surface area contributed by atoms with Gasteiger partial charge in [0, 0.05) is 12.1 Å². The van der Waals surface area contributed by atoms with Crippen LogP contribution in [0.3, 0.4) is 0 Å². The number of hydrogen-bond donors (Lipinski definition) is 3. The molecule has 2 atom stereocenters. The summed E-state index contributed by atoms with van der Waals surface area (Å²) in [5, 5.41) is 32.3. The number of amides is 1. The number of benzene rings is 1. The molecule has 7 nitrogen and oxygen atoms in total. The molecule has 0 aromatic heterocycles. The van der Waals surface area contributed by atoms with Crippen LogP contribution in [0.25, 0.3) is 0 Å². The first-order chi connectivity index (χ1) is 11.3. The standard InChI is InChI=1S/C11H12Cl2N2O5/c12-10(13)11(18)14-8(5-16)9(17)6-1-3-7(4-2-6)15(19)20/h1-4,8-10,16-17H,5H2,(H,14,18)/t8-,9-/m1/s1/i1D,2D,3D,4D,10D. The molecular weight excluding hydrogens is 311 g/mol. The molecule has 1 amide bonds. The first-order valence-corrected chi connectivity index (χ1v) is 5.82. The first kappa shape index (κ1) is 10.3. The molecule has 0 saturated heterocycles. The van der Waals surface area contributed by atoms with E-state index in [2.05, 4.69) is 0 Å². The summed E-state index contributed by atoms with van der Waals surface area (Å²) in [6.07, 6.45) is -1.99. The fraction of sp³-hybridized carbons (Fsp3) is 0.364. The van der Waals surface area contributed by atoms with Gasteiger partial charge in [-0.2, -0.15) is 0 Å². The van der Waals surface area contributed by atoms with E-state index in [0.29, 0.717) is 0 Å². The van der Waals surface area contributed by atoms with E-state index < -0.39 is 69.8 Å². The van der Waals surface area contributed by atoms with E-state index in [1.807, 2.05) is 5.32 Å². The van der Waals surface area contributed by atoms with Crippen LogP contribution in [0.15, 0.2) is 24.2 Å². The smallest absolute Gasteiger partial charge is 0.269 e. The molecule has 0 fully saturated rings. The number of nitrogens with one attached hydrogen (secondary N) is 1. The zero-order valence-corrected chi connectivity index (χ0v) is 11.2. The molecule has 3 N–H and O–H groups in total. The topological polar surface area (TPSA) is 113 Å². The van der Waals surface area contributed by atoms with Crippen molar-refractivity contribution in [2.45, 2.75) is 17.0 Å². The van der Waals surface area contributed by atoms with Crippen LogP contribution in [-0.2, 0) is 4.79 Å². The van der Waals surface area contributed by atoms with Crippen molar-refractivity contribution in [3.05, 3.63) is 39.8 Å². The van der Waals surface area contributed by atoms with Gasteiger partial charge in [-0.05, 0) is 17.6 Å². The SMILES string of the molecule is [2H]c1c([2H])c([N+](=O)[O-])c([2H])c([2H])c1[C@@H](O)[C@@H](CO)NC(=O)C([2H])(Cl)Cl. The summed E-state index contributed by atoms with van der Waals surface area (Å²) in [6, 6.07) is -5.44. The number of aliphatic hydroxyl groups is 2. The molecule has 9 heteroatoms. The van der Waals surface area contributed by atoms with E-state index in [1.54, 1.807) is 0 Å². The van der Waals surface area contributed by atoms with Gasteiger partial charge in [-0.1, -0.05) is 23.2 Å². The van der Waals surface area contributed by atoms with Gasteiger partial charge in [0.2, 0.25) is 0 Å². The van der Waals surface area contributed by atoms with Crippen LogP contribution in [0, 0.1) is 10.1 Å². The van der Waals surface area contributed by atoms with E-state index in [-0.39, 0.29) is 0 Å². The molecule has 0 aliphatic heterocycles. The number of nitro groups is 1. The summed E-state index contributed by atoms with van der Waals surface area (Å²) >= 11 is 10.5. The Morgan fingerprint density at radius 1 is 1.50 bits per heavy atom. The van der Waals surface area contributed by atoms with Gasteiger partial charge >= 0.3 is 0 Å². The van der Waals surface area contributed by atoms with Gasteiger partial charge in [0.1, 0.15) is 6.10 Å². The number of halogens is 2. The summed E-state index contributed by atoms with van der Waals surface area (Å²) in [6.45, 7) is -0.937. The first-order valence-electron chi connectivity index (χ1n) is 7.56. The average Bonchev–Trinajstić information content (AvgIpc) is 2.49. The molecule has 0 bridgehead atoms. The van der Waals surface area contributed by atoms with Gasteiger partial charge in [0.05, 0.1) is 24.4 Å². The van der Waals surface area contributed by atoms with Gasteiger partial charge in [0.15, 0.2) is 4.81 Å². The molecular formula is C11H12Cl2N2O5. The number of carbonyl (C=O) groups is 1. The van der Waals surface area contributed by atoms with Crippen molar-refractivity contribution in [2.75, 3.05) is 6.61 Å². The van der Waals surface area contributed by atoms with Gasteiger partial charge in [-0.3, -0.25) is 14.9 Å². The Balaban J connectivity index is 3.40. The van der Waals surface area contributed by atoms with Crippen LogP contribution in [0.1, 0.15) is 18.5 Å². The zero-order chi connectivity index (χ0) is 19.7. The van der Waals surface area contributed by atoms with Crippen LogP contribution >= 0.6 is 23.2 Å². The molecule has 110 valence electrons. The minimum Gasteiger partial charge on any atom is -0.394 e. The molecule has 0 aliphatic carbocycles. The number of rotatable bonds is 6. The largest absolute Gasteiger partial charge is 0.394 e. The van der Waals surface area contributed by atoms with Crippen molar-refractivity contribution >= 4 is 34.8 Å². The number of hydrogen-bond acceptors (Lipinski definition) is 5. The second-order valence-electron chi connectivity index (χ2n) is 3.49. The minimum atomic E-state index is -2.64. The summed E-state index contributed by atoms with van der Waals surface area (Å²) in [5.74, 6) is -1.31. The Hall–Kier alpha value is -1.41. The van der Waals surface area contributed by atoms with Crippen molar-refractivity contribution in [3.8, 4) is 0 Å². The highest BCUT2D eigenvalue weighted by atomic mass is 35.5. The Morgan fingerprint density at radius 3 is 2.45 bits per heavy atom. The molecule has 0 unspecified atom stereocenters. The predicted octanol–water partition coefficient (Wildman–Crippen LogP) is 0.909. The van der Waals surface area contributed by atoms with Gasteiger partial charge in [-0.25, -0.2) is 0 Å². The summed E-state index contributed by atoms with van der Waals surface area (Å²) in [4.78, 5) is 18.7. The van der Waals surface area contributed by atoms with Crippen molar-refractivity contribution in [2.24, 2.45) is 0 Å². The Bertz CT molecular complexity index is 686. The number of carbonyl (C=O) groups excluding carboxylic acids is 1. The highest BCUT2D eigenvalue weighted by Gasteiger charge is 2.24. The summed E-state index contributed by atoms with van der Waals surface area (Å²) in [7, 11) is 0. The van der Waals surface area contributed by atoms with E-state index in [0.717, 1.165) is 0 Å². The van der Waals surface area contributed by atoms with E-state index in [9.17, 15) is 25.1 Å². The highest BCUT2D eigenvalue weighted by molar-refractivity contribution is 6.53. The maximum absolute atomic E-state index is 11.6. The van der Waals surface area contributed by atoms with Gasteiger partial charge < -0.3 is 15.5 Å². The third kappa shape index (κ3) is 4.31. The molecule has 0 heterocycles. The lowest BCUT2D eigenvalue weighted by Gasteiger charge is -2.22. The second kappa shape index (κ2) is 7.39. The van der Waals surface area contributed by atoms with Crippen molar-refractivity contribution in [3.63, 3.8) is 0 Å². The second-order valence-corrected chi connectivity index (χ2v) is 4.44. The summed E-state index contributed by atoms with van der Waals surface area (Å²) < 4.78 is 37.7. The monoisotopic (exact) mass is 327 g/mol. The minimum absolute atomic E-state index is 0.681. The normalized spacial score (nSPS) is 17.9. The molecule has 20 heavy (non-hydrogen) atoms. The van der Waals surface area contributed by atoms with Gasteiger partial charge in [-0.15, -0.1) is 0 Å². The Labute approximate surface area is 131 Å². The molecule has 1 aromatic rings. The van der Waals surface area contributed by atoms with Crippen LogP contribution in [0.2, 0.25) is 0 Å². The fourth-order valence-electron chi connectivity index (χ4n) is 1.20. The predicted molar refractivity (Wildman–Crippen MR) is 72.6 cm³/mol.